The van der Waals surface area contributed by atoms with Crippen molar-refractivity contribution in [1.29, 1.82) is 0 Å². The number of carbonyl (C=O) groups excluding carboxylic acids is 1. The second-order valence-corrected chi connectivity index (χ2v) is 7.44. The third kappa shape index (κ3) is 3.67. The van der Waals surface area contributed by atoms with Crippen LogP contribution in [0.2, 0.25) is 5.02 Å². The van der Waals surface area contributed by atoms with Crippen molar-refractivity contribution in [3.05, 3.63) is 94.3 Å². The van der Waals surface area contributed by atoms with Crippen molar-refractivity contribution < 1.29 is 9.90 Å². The van der Waals surface area contributed by atoms with Crippen LogP contribution in [-0.4, -0.2) is 21.8 Å². The highest BCUT2D eigenvalue weighted by molar-refractivity contribution is 6.32. The van der Waals surface area contributed by atoms with Gasteiger partial charge in [-0.25, -0.2) is 5.43 Å². The average molecular weight is 418 g/mol. The monoisotopic (exact) mass is 417 g/mol. The lowest BCUT2D eigenvalue weighted by Crippen LogP contribution is -2.17. The molecule has 1 aromatic heterocycles. The molecule has 0 saturated heterocycles. The van der Waals surface area contributed by atoms with Crippen LogP contribution >= 0.6 is 11.6 Å². The second-order valence-electron chi connectivity index (χ2n) is 7.03. The van der Waals surface area contributed by atoms with Crippen molar-refractivity contribution in [2.45, 2.75) is 13.8 Å². The molecular weight excluding hydrogens is 398 g/mol. The highest BCUT2D eigenvalue weighted by Crippen LogP contribution is 2.26. The minimum atomic E-state index is -0.477. The van der Waals surface area contributed by atoms with Crippen LogP contribution in [0.3, 0.4) is 0 Å². The summed E-state index contributed by atoms with van der Waals surface area (Å²) in [6.07, 6.45) is 1.59. The first kappa shape index (κ1) is 19.7. The number of nitrogens with one attached hydrogen (secondary N) is 1. The van der Waals surface area contributed by atoms with E-state index in [1.807, 2.05) is 73.0 Å². The van der Waals surface area contributed by atoms with Gasteiger partial charge in [0.15, 0.2) is 0 Å². The predicted molar refractivity (Wildman–Crippen MR) is 121 cm³/mol. The van der Waals surface area contributed by atoms with Gasteiger partial charge < -0.3 is 9.67 Å². The first-order chi connectivity index (χ1) is 14.5. The number of para-hydroxylation sites is 1. The molecule has 0 atom stereocenters. The van der Waals surface area contributed by atoms with Crippen molar-refractivity contribution in [3.63, 3.8) is 0 Å². The van der Waals surface area contributed by atoms with Crippen LogP contribution in [0.4, 0.5) is 0 Å². The van der Waals surface area contributed by atoms with Crippen LogP contribution in [0, 0.1) is 13.8 Å². The van der Waals surface area contributed by atoms with Crippen LogP contribution in [0.15, 0.2) is 71.8 Å². The Hall–Kier alpha value is -3.57. The number of hydrogen-bond acceptors (Lipinski definition) is 3. The minimum Gasteiger partial charge on any atom is -0.507 e. The molecule has 5 nitrogen and oxygen atoms in total. The number of phenols is 1. The maximum atomic E-state index is 12.5. The largest absolute Gasteiger partial charge is 0.507 e. The van der Waals surface area contributed by atoms with Crippen molar-refractivity contribution in [1.82, 2.24) is 9.99 Å². The van der Waals surface area contributed by atoms with Crippen molar-refractivity contribution in [2.75, 3.05) is 0 Å². The molecule has 0 unspecified atom stereocenters. The first-order valence-corrected chi connectivity index (χ1v) is 9.82. The number of amides is 1. The second kappa shape index (κ2) is 8.05. The summed E-state index contributed by atoms with van der Waals surface area (Å²) in [4.78, 5) is 12.5. The van der Waals surface area contributed by atoms with Gasteiger partial charge in [0.1, 0.15) is 5.75 Å². The molecule has 2 N–H and O–H groups in total. The molecule has 3 aromatic carbocycles. The number of aryl methyl sites for hydroxylation is 1. The van der Waals surface area contributed by atoms with E-state index in [0.29, 0.717) is 5.02 Å². The van der Waals surface area contributed by atoms with E-state index in [9.17, 15) is 9.90 Å². The Bertz CT molecular complexity index is 1290. The number of halogens is 1. The Morgan fingerprint density at radius 1 is 1.03 bits per heavy atom. The summed E-state index contributed by atoms with van der Waals surface area (Å²) >= 11 is 6.35. The van der Waals surface area contributed by atoms with E-state index in [0.717, 1.165) is 33.4 Å². The standard InChI is InChI=1S/C24H20ClN3O2/c1-15-11-19(16(2)28(15)22-10-6-5-9-21(22)25)14-26-27-24(30)20-12-17-7-3-4-8-18(17)13-23(20)29/h3-14,29H,1-2H3,(H,27,30). The summed E-state index contributed by atoms with van der Waals surface area (Å²) in [5, 5.41) is 16.7. The van der Waals surface area contributed by atoms with Gasteiger partial charge in [-0.2, -0.15) is 5.10 Å². The smallest absolute Gasteiger partial charge is 0.275 e. The van der Waals surface area contributed by atoms with Crippen molar-refractivity contribution >= 4 is 34.5 Å². The Labute approximate surface area is 179 Å². The molecule has 0 aliphatic rings. The SMILES string of the molecule is Cc1cc(C=NNC(=O)c2cc3ccccc3cc2O)c(C)n1-c1ccccc1Cl. The summed E-state index contributed by atoms with van der Waals surface area (Å²) in [5.41, 5.74) is 6.37. The fourth-order valence-corrected chi connectivity index (χ4v) is 3.77. The maximum absolute atomic E-state index is 12.5. The minimum absolute atomic E-state index is 0.0849. The van der Waals surface area contributed by atoms with Gasteiger partial charge in [0, 0.05) is 17.0 Å². The van der Waals surface area contributed by atoms with E-state index in [4.69, 9.17) is 11.6 Å². The number of hydrogen-bond donors (Lipinski definition) is 2. The lowest BCUT2D eigenvalue weighted by atomic mass is 10.1. The lowest BCUT2D eigenvalue weighted by molar-refractivity contribution is 0.0952. The molecule has 0 aliphatic heterocycles. The molecule has 0 bridgehead atoms. The van der Waals surface area contributed by atoms with Gasteiger partial charge in [-0.15, -0.1) is 0 Å². The summed E-state index contributed by atoms with van der Waals surface area (Å²) in [6, 6.07) is 20.4. The molecule has 1 heterocycles. The zero-order chi connectivity index (χ0) is 21.3. The number of carbonyl (C=O) groups is 1. The van der Waals surface area contributed by atoms with Gasteiger partial charge in [0.2, 0.25) is 0 Å². The highest BCUT2D eigenvalue weighted by atomic mass is 35.5. The molecule has 0 aliphatic carbocycles. The molecule has 0 saturated carbocycles. The summed E-state index contributed by atoms with van der Waals surface area (Å²) in [7, 11) is 0. The fourth-order valence-electron chi connectivity index (χ4n) is 3.55. The van der Waals surface area contributed by atoms with Gasteiger partial charge in [-0.3, -0.25) is 4.79 Å². The molecule has 4 aromatic rings. The quantitative estimate of drug-likeness (QED) is 0.346. The van der Waals surface area contributed by atoms with E-state index in [1.165, 1.54) is 0 Å². The topological polar surface area (TPSA) is 66.6 Å². The Morgan fingerprint density at radius 3 is 2.43 bits per heavy atom. The van der Waals surface area contributed by atoms with Crippen molar-refractivity contribution in [3.8, 4) is 11.4 Å². The summed E-state index contributed by atoms with van der Waals surface area (Å²) < 4.78 is 2.04. The number of rotatable bonds is 4. The van der Waals surface area contributed by atoms with Crippen molar-refractivity contribution in [2.24, 2.45) is 5.10 Å². The number of hydrazone groups is 1. The van der Waals surface area contributed by atoms with E-state index < -0.39 is 5.91 Å². The molecule has 150 valence electrons. The van der Waals surface area contributed by atoms with Crippen LogP contribution < -0.4 is 5.43 Å². The zero-order valence-electron chi connectivity index (χ0n) is 16.6. The average Bonchev–Trinajstić information content (AvgIpc) is 3.01. The molecule has 4 rings (SSSR count). The van der Waals surface area contributed by atoms with Crippen LogP contribution in [0.25, 0.3) is 16.5 Å². The van der Waals surface area contributed by atoms with Crippen LogP contribution in [0.1, 0.15) is 27.3 Å². The Balaban J connectivity index is 1.57. The number of fused-ring (bicyclic) bond motifs is 1. The summed E-state index contributed by atoms with van der Waals surface area (Å²) in [6.45, 7) is 3.95. The van der Waals surface area contributed by atoms with E-state index >= 15 is 0 Å². The normalized spacial score (nSPS) is 11.3. The number of benzene rings is 3. The van der Waals surface area contributed by atoms with Gasteiger partial charge in [0.05, 0.1) is 22.5 Å². The molecule has 0 spiro atoms. The Kier molecular flexibility index (Phi) is 5.29. The van der Waals surface area contributed by atoms with Gasteiger partial charge in [-0.05, 0) is 55.0 Å². The summed E-state index contributed by atoms with van der Waals surface area (Å²) in [5.74, 6) is -0.562. The number of aromatic hydroxyl groups is 1. The third-order valence-corrected chi connectivity index (χ3v) is 5.36. The third-order valence-electron chi connectivity index (χ3n) is 5.04. The number of aromatic nitrogens is 1. The predicted octanol–water partition coefficient (Wildman–Crippen LogP) is 5.37. The molecule has 1 amide bonds. The van der Waals surface area contributed by atoms with Gasteiger partial charge in [0.25, 0.3) is 5.91 Å². The number of phenolic OH excluding ortho intramolecular Hbond substituents is 1. The van der Waals surface area contributed by atoms with E-state index in [2.05, 4.69) is 10.5 Å². The molecule has 0 radical (unpaired) electrons. The van der Waals surface area contributed by atoms with Gasteiger partial charge >= 0.3 is 0 Å². The lowest BCUT2D eigenvalue weighted by Gasteiger charge is -2.11. The fraction of sp³-hybridized carbons (Fsp3) is 0.0833. The zero-order valence-corrected chi connectivity index (χ0v) is 17.3. The van der Waals surface area contributed by atoms with E-state index in [-0.39, 0.29) is 11.3 Å². The number of nitrogens with zero attached hydrogens (tertiary/aromatic N) is 2. The van der Waals surface area contributed by atoms with Gasteiger partial charge in [-0.1, -0.05) is 48.0 Å². The molecule has 30 heavy (non-hydrogen) atoms. The molecular formula is C24H20ClN3O2. The van der Waals surface area contributed by atoms with E-state index in [1.54, 1.807) is 18.3 Å². The first-order valence-electron chi connectivity index (χ1n) is 9.44. The Morgan fingerprint density at radius 2 is 1.70 bits per heavy atom. The molecule has 6 heteroatoms. The van der Waals surface area contributed by atoms with Crippen LogP contribution in [0.5, 0.6) is 5.75 Å². The highest BCUT2D eigenvalue weighted by Gasteiger charge is 2.13. The maximum Gasteiger partial charge on any atom is 0.275 e. The molecule has 0 fully saturated rings. The van der Waals surface area contributed by atoms with Crippen LogP contribution in [-0.2, 0) is 0 Å².